The lowest BCUT2D eigenvalue weighted by Gasteiger charge is -2.06. The van der Waals surface area contributed by atoms with Crippen molar-refractivity contribution in [2.45, 2.75) is 26.3 Å². The Morgan fingerprint density at radius 1 is 1.69 bits per heavy atom. The molecule has 0 aromatic carbocycles. The van der Waals surface area contributed by atoms with E-state index in [1.54, 1.807) is 0 Å². The average Bonchev–Trinajstić information content (AvgIpc) is 2.59. The number of rotatable bonds is 5. The zero-order chi connectivity index (χ0) is 9.90. The Hall–Kier alpha value is -0.610. The van der Waals surface area contributed by atoms with Crippen LogP contribution in [-0.2, 0) is 9.53 Å². The van der Waals surface area contributed by atoms with Crippen molar-refractivity contribution in [2.24, 2.45) is 11.1 Å². The molecule has 1 aliphatic rings. The zero-order valence-corrected chi connectivity index (χ0v) is 8.30. The van der Waals surface area contributed by atoms with Crippen LogP contribution in [-0.4, -0.2) is 31.7 Å². The largest absolute Gasteiger partial charge is 0.370 e. The van der Waals surface area contributed by atoms with Gasteiger partial charge in [0.15, 0.2) is 0 Å². The summed E-state index contributed by atoms with van der Waals surface area (Å²) in [7, 11) is 0. The lowest BCUT2D eigenvalue weighted by Crippen LogP contribution is -2.32. The first-order valence-corrected chi connectivity index (χ1v) is 4.63. The third-order valence-electron chi connectivity index (χ3n) is 2.34. The van der Waals surface area contributed by atoms with E-state index in [4.69, 9.17) is 10.5 Å². The summed E-state index contributed by atoms with van der Waals surface area (Å²) in [4.78, 5) is 11.2. The molecule has 1 unspecified atom stereocenters. The molecule has 0 spiro atoms. The van der Waals surface area contributed by atoms with Crippen molar-refractivity contribution in [3.8, 4) is 0 Å². The minimum absolute atomic E-state index is 0.0379. The van der Waals surface area contributed by atoms with Crippen LogP contribution >= 0.6 is 0 Å². The van der Waals surface area contributed by atoms with Crippen LogP contribution in [0, 0.1) is 5.41 Å². The highest BCUT2D eigenvalue weighted by Gasteiger charge is 2.46. The van der Waals surface area contributed by atoms with Gasteiger partial charge >= 0.3 is 0 Å². The predicted octanol–water partition coefficient (Wildman–Crippen LogP) is -0.124. The van der Waals surface area contributed by atoms with Gasteiger partial charge in [0, 0.05) is 12.6 Å². The second-order valence-electron chi connectivity index (χ2n) is 4.15. The number of nitrogens with two attached hydrogens (primary N) is 1. The van der Waals surface area contributed by atoms with Crippen molar-refractivity contribution >= 4 is 5.91 Å². The molecule has 1 fully saturated rings. The van der Waals surface area contributed by atoms with E-state index >= 15 is 0 Å². The van der Waals surface area contributed by atoms with Gasteiger partial charge in [0.1, 0.15) is 6.61 Å². The Morgan fingerprint density at radius 3 is 2.77 bits per heavy atom. The van der Waals surface area contributed by atoms with Crippen LogP contribution in [0.5, 0.6) is 0 Å². The molecule has 0 aromatic heterocycles. The summed E-state index contributed by atoms with van der Waals surface area (Å²) in [5.41, 5.74) is 5.50. The molecule has 0 saturated heterocycles. The fraction of sp³-hybridized carbons (Fsp3) is 0.889. The van der Waals surface area contributed by atoms with Gasteiger partial charge in [-0.15, -0.1) is 0 Å². The summed E-state index contributed by atoms with van der Waals surface area (Å²) in [6, 6.07) is 0.335. The van der Waals surface area contributed by atoms with Crippen LogP contribution in [0.1, 0.15) is 20.3 Å². The maximum absolute atomic E-state index is 11.2. The lowest BCUT2D eigenvalue weighted by molar-refractivity contribution is -0.125. The van der Waals surface area contributed by atoms with E-state index in [0.717, 1.165) is 6.42 Å². The average molecular weight is 186 g/mol. The minimum Gasteiger partial charge on any atom is -0.370 e. The first-order valence-electron chi connectivity index (χ1n) is 4.63. The van der Waals surface area contributed by atoms with Gasteiger partial charge in [0.05, 0.1) is 6.61 Å². The molecular weight excluding hydrogens is 168 g/mol. The van der Waals surface area contributed by atoms with Crippen molar-refractivity contribution in [2.75, 3.05) is 19.8 Å². The number of carbonyl (C=O) groups excluding carboxylic acids is 1. The van der Waals surface area contributed by atoms with Gasteiger partial charge in [-0.1, -0.05) is 13.8 Å². The van der Waals surface area contributed by atoms with Gasteiger partial charge in [-0.25, -0.2) is 0 Å². The van der Waals surface area contributed by atoms with Crippen molar-refractivity contribution in [1.29, 1.82) is 0 Å². The van der Waals surface area contributed by atoms with Gasteiger partial charge in [-0.05, 0) is 11.8 Å². The Labute approximate surface area is 78.8 Å². The third-order valence-corrected chi connectivity index (χ3v) is 2.34. The van der Waals surface area contributed by atoms with Crippen molar-refractivity contribution < 1.29 is 9.53 Å². The standard InChI is InChI=1S/C9H18N2O2/c1-9(2)5-7(9)11-8(12)6-13-4-3-10/h7H,3-6,10H2,1-2H3,(H,11,12). The minimum atomic E-state index is -0.0379. The quantitative estimate of drug-likeness (QED) is 0.588. The highest BCUT2D eigenvalue weighted by Crippen LogP contribution is 2.44. The maximum atomic E-state index is 11.2. The molecule has 0 radical (unpaired) electrons. The van der Waals surface area contributed by atoms with Gasteiger partial charge < -0.3 is 15.8 Å². The van der Waals surface area contributed by atoms with E-state index in [1.807, 2.05) is 0 Å². The summed E-state index contributed by atoms with van der Waals surface area (Å²) in [5, 5.41) is 2.90. The molecule has 1 rings (SSSR count). The van der Waals surface area contributed by atoms with Gasteiger partial charge in [0.25, 0.3) is 0 Å². The van der Waals surface area contributed by atoms with Gasteiger partial charge in [-0.2, -0.15) is 0 Å². The van der Waals surface area contributed by atoms with Gasteiger partial charge in [-0.3, -0.25) is 4.79 Å². The fourth-order valence-corrected chi connectivity index (χ4v) is 1.20. The van der Waals surface area contributed by atoms with E-state index in [9.17, 15) is 4.79 Å². The molecule has 0 aliphatic heterocycles. The number of ether oxygens (including phenoxy) is 1. The van der Waals surface area contributed by atoms with Crippen LogP contribution in [0.2, 0.25) is 0 Å². The summed E-state index contributed by atoms with van der Waals surface area (Å²) >= 11 is 0. The molecule has 0 bridgehead atoms. The summed E-state index contributed by atoms with van der Waals surface area (Å²) < 4.78 is 5.00. The number of carbonyl (C=O) groups is 1. The molecule has 1 saturated carbocycles. The molecule has 4 nitrogen and oxygen atoms in total. The van der Waals surface area contributed by atoms with Crippen LogP contribution in [0.3, 0.4) is 0 Å². The van der Waals surface area contributed by atoms with E-state index < -0.39 is 0 Å². The highest BCUT2D eigenvalue weighted by atomic mass is 16.5. The second kappa shape index (κ2) is 4.07. The molecule has 76 valence electrons. The number of hydrogen-bond acceptors (Lipinski definition) is 3. The van der Waals surface area contributed by atoms with Crippen molar-refractivity contribution in [3.05, 3.63) is 0 Å². The molecule has 1 amide bonds. The third kappa shape index (κ3) is 3.32. The van der Waals surface area contributed by atoms with E-state index in [-0.39, 0.29) is 17.9 Å². The first kappa shape index (κ1) is 10.5. The van der Waals surface area contributed by atoms with E-state index in [2.05, 4.69) is 19.2 Å². The van der Waals surface area contributed by atoms with Crippen LogP contribution < -0.4 is 11.1 Å². The normalized spacial score (nSPS) is 24.1. The van der Waals surface area contributed by atoms with Crippen LogP contribution in [0.4, 0.5) is 0 Å². The number of amides is 1. The lowest BCUT2D eigenvalue weighted by atomic mass is 10.2. The molecule has 1 atom stereocenters. The smallest absolute Gasteiger partial charge is 0.246 e. The SMILES string of the molecule is CC1(C)CC1NC(=O)COCCN. The Kier molecular flexibility index (Phi) is 3.27. The number of hydrogen-bond donors (Lipinski definition) is 2. The van der Waals surface area contributed by atoms with Crippen LogP contribution in [0.25, 0.3) is 0 Å². The summed E-state index contributed by atoms with van der Waals surface area (Å²) in [6.07, 6.45) is 1.07. The Morgan fingerprint density at radius 2 is 2.31 bits per heavy atom. The topological polar surface area (TPSA) is 64.3 Å². The fourth-order valence-electron chi connectivity index (χ4n) is 1.20. The Balaban J connectivity index is 2.06. The second-order valence-corrected chi connectivity index (χ2v) is 4.15. The molecule has 13 heavy (non-hydrogen) atoms. The summed E-state index contributed by atoms with van der Waals surface area (Å²) in [6.45, 7) is 5.31. The van der Waals surface area contributed by atoms with E-state index in [0.29, 0.717) is 19.2 Å². The molecule has 0 heterocycles. The van der Waals surface area contributed by atoms with Gasteiger partial charge in [0.2, 0.25) is 5.91 Å². The summed E-state index contributed by atoms with van der Waals surface area (Å²) in [5.74, 6) is -0.0379. The molecule has 1 aliphatic carbocycles. The predicted molar refractivity (Wildman–Crippen MR) is 50.2 cm³/mol. The molecule has 0 aromatic rings. The first-order chi connectivity index (χ1) is 6.06. The van der Waals surface area contributed by atoms with Crippen LogP contribution in [0.15, 0.2) is 0 Å². The molecule has 3 N–H and O–H groups in total. The Bertz CT molecular complexity index is 192. The number of nitrogens with one attached hydrogen (secondary N) is 1. The van der Waals surface area contributed by atoms with Crippen molar-refractivity contribution in [3.63, 3.8) is 0 Å². The zero-order valence-electron chi connectivity index (χ0n) is 8.30. The highest BCUT2D eigenvalue weighted by molar-refractivity contribution is 5.78. The molecule has 4 heteroatoms. The van der Waals surface area contributed by atoms with Crippen molar-refractivity contribution in [1.82, 2.24) is 5.32 Å². The van der Waals surface area contributed by atoms with E-state index in [1.165, 1.54) is 0 Å². The molecular formula is C9H18N2O2. The monoisotopic (exact) mass is 186 g/mol. The maximum Gasteiger partial charge on any atom is 0.246 e.